The molecule has 0 atom stereocenters. The van der Waals surface area contributed by atoms with E-state index in [0.29, 0.717) is 34.9 Å². The van der Waals surface area contributed by atoms with Crippen LogP contribution in [0.2, 0.25) is 0 Å². The molecule has 0 aliphatic carbocycles. The molecule has 0 fully saturated rings. The number of aromatic nitrogens is 3. The van der Waals surface area contributed by atoms with E-state index < -0.39 is 4.92 Å². The van der Waals surface area contributed by atoms with Gasteiger partial charge in [0, 0.05) is 24.4 Å². The highest BCUT2D eigenvalue weighted by atomic mass is 32.2. The Kier molecular flexibility index (Phi) is 6.09. The highest BCUT2D eigenvalue weighted by molar-refractivity contribution is 7.99. The van der Waals surface area contributed by atoms with Crippen LogP contribution in [0.1, 0.15) is 13.8 Å². The summed E-state index contributed by atoms with van der Waals surface area (Å²) in [4.78, 5) is 22.6. The van der Waals surface area contributed by atoms with Gasteiger partial charge in [-0.1, -0.05) is 31.7 Å². The van der Waals surface area contributed by atoms with Gasteiger partial charge in [-0.25, -0.2) is 0 Å². The fraction of sp³-hybridized carbons (Fsp3) is 0.278. The summed E-state index contributed by atoms with van der Waals surface area (Å²) in [5.41, 5.74) is 0.296. The third-order valence-corrected chi connectivity index (χ3v) is 4.65. The summed E-state index contributed by atoms with van der Waals surface area (Å²) in [6.07, 6.45) is 1.57. The first-order valence-corrected chi connectivity index (χ1v) is 9.56. The zero-order chi connectivity index (χ0) is 20.1. The first-order valence-electron chi connectivity index (χ1n) is 8.58. The summed E-state index contributed by atoms with van der Waals surface area (Å²) < 4.78 is 7.35. The average Bonchev–Trinajstić information content (AvgIpc) is 3.29. The topological polar surface area (TPSA) is 116 Å². The molecule has 0 saturated heterocycles. The van der Waals surface area contributed by atoms with Gasteiger partial charge in [0.15, 0.2) is 16.7 Å². The van der Waals surface area contributed by atoms with Crippen molar-refractivity contribution in [3.8, 4) is 11.6 Å². The number of furan rings is 1. The van der Waals surface area contributed by atoms with Gasteiger partial charge in [0.25, 0.3) is 5.69 Å². The lowest BCUT2D eigenvalue weighted by molar-refractivity contribution is -0.384. The number of nitrogens with one attached hydrogen (secondary N) is 1. The van der Waals surface area contributed by atoms with E-state index in [1.165, 1.54) is 30.0 Å². The maximum atomic E-state index is 12.3. The van der Waals surface area contributed by atoms with Crippen molar-refractivity contribution in [1.82, 2.24) is 14.8 Å². The minimum absolute atomic E-state index is 0.0785. The van der Waals surface area contributed by atoms with Crippen molar-refractivity contribution in [1.29, 1.82) is 0 Å². The van der Waals surface area contributed by atoms with Crippen LogP contribution in [0.5, 0.6) is 0 Å². The number of benzene rings is 1. The Bertz CT molecular complexity index is 968. The van der Waals surface area contributed by atoms with Crippen molar-refractivity contribution in [3.05, 3.63) is 52.8 Å². The Morgan fingerprint density at radius 1 is 1.32 bits per heavy atom. The first-order chi connectivity index (χ1) is 13.4. The molecule has 1 aromatic carbocycles. The van der Waals surface area contributed by atoms with Crippen LogP contribution in [-0.2, 0) is 11.3 Å². The number of carbonyl (C=O) groups is 1. The van der Waals surface area contributed by atoms with Gasteiger partial charge >= 0.3 is 0 Å². The van der Waals surface area contributed by atoms with Crippen LogP contribution in [0.4, 0.5) is 11.4 Å². The summed E-state index contributed by atoms with van der Waals surface area (Å²) in [6.45, 7) is 4.84. The summed E-state index contributed by atoms with van der Waals surface area (Å²) in [6, 6.07) is 9.41. The van der Waals surface area contributed by atoms with E-state index in [1.807, 2.05) is 10.6 Å². The predicted octanol–water partition coefficient (Wildman–Crippen LogP) is 3.83. The van der Waals surface area contributed by atoms with Crippen LogP contribution in [0.3, 0.4) is 0 Å². The van der Waals surface area contributed by atoms with Crippen molar-refractivity contribution in [2.24, 2.45) is 5.92 Å². The molecule has 146 valence electrons. The van der Waals surface area contributed by atoms with Crippen molar-refractivity contribution in [2.45, 2.75) is 25.5 Å². The zero-order valence-electron chi connectivity index (χ0n) is 15.4. The number of thioether (sulfide) groups is 1. The molecule has 0 unspecified atom stereocenters. The fourth-order valence-corrected chi connectivity index (χ4v) is 3.29. The van der Waals surface area contributed by atoms with Gasteiger partial charge in [-0.05, 0) is 24.1 Å². The van der Waals surface area contributed by atoms with Crippen molar-refractivity contribution in [2.75, 3.05) is 11.1 Å². The molecule has 0 spiro atoms. The molecule has 0 aliphatic rings. The van der Waals surface area contributed by atoms with Crippen LogP contribution < -0.4 is 5.32 Å². The quantitative estimate of drug-likeness (QED) is 0.346. The Balaban J connectivity index is 1.69. The highest BCUT2D eigenvalue weighted by Gasteiger charge is 2.18. The molecule has 0 bridgehead atoms. The minimum Gasteiger partial charge on any atom is -0.461 e. The Morgan fingerprint density at radius 2 is 2.14 bits per heavy atom. The molecular formula is C18H19N5O4S. The van der Waals surface area contributed by atoms with E-state index in [2.05, 4.69) is 29.4 Å². The number of rotatable bonds is 8. The Hall–Kier alpha value is -3.14. The van der Waals surface area contributed by atoms with Crippen molar-refractivity contribution < 1.29 is 14.1 Å². The largest absolute Gasteiger partial charge is 0.461 e. The van der Waals surface area contributed by atoms with Crippen LogP contribution in [0, 0.1) is 16.0 Å². The minimum atomic E-state index is -0.505. The number of non-ortho nitro benzene ring substituents is 1. The highest BCUT2D eigenvalue weighted by Crippen LogP contribution is 2.26. The van der Waals surface area contributed by atoms with Crippen LogP contribution >= 0.6 is 11.8 Å². The first kappa shape index (κ1) is 19.6. The van der Waals surface area contributed by atoms with E-state index in [1.54, 1.807) is 18.4 Å². The lowest BCUT2D eigenvalue weighted by atomic mass is 10.2. The molecule has 0 aliphatic heterocycles. The third kappa shape index (κ3) is 4.77. The monoisotopic (exact) mass is 401 g/mol. The molecule has 2 heterocycles. The lowest BCUT2D eigenvalue weighted by Gasteiger charge is -2.11. The second-order valence-electron chi connectivity index (χ2n) is 6.43. The Labute approximate surface area is 165 Å². The number of amides is 1. The average molecular weight is 401 g/mol. The number of anilines is 1. The standard InChI is InChI=1S/C18H19N5O4S/c1-12(2)10-22-17(15-7-4-8-27-15)20-21-18(22)28-11-16(24)19-13-5-3-6-14(9-13)23(25)26/h3-9,12H,10-11H2,1-2H3,(H,19,24). The number of nitro groups is 1. The van der Waals surface area contributed by atoms with Gasteiger partial charge in [0.2, 0.25) is 5.91 Å². The summed E-state index contributed by atoms with van der Waals surface area (Å²) >= 11 is 1.25. The smallest absolute Gasteiger partial charge is 0.271 e. The molecule has 28 heavy (non-hydrogen) atoms. The third-order valence-electron chi connectivity index (χ3n) is 3.68. The molecule has 2 aromatic heterocycles. The van der Waals surface area contributed by atoms with Crippen LogP contribution in [0.25, 0.3) is 11.6 Å². The molecule has 3 rings (SSSR count). The number of carbonyl (C=O) groups excluding carboxylic acids is 1. The van der Waals surface area contributed by atoms with E-state index in [4.69, 9.17) is 4.42 Å². The maximum absolute atomic E-state index is 12.3. The van der Waals surface area contributed by atoms with Gasteiger partial charge in [0.05, 0.1) is 16.9 Å². The van der Waals surface area contributed by atoms with E-state index in [-0.39, 0.29) is 17.3 Å². The lowest BCUT2D eigenvalue weighted by Crippen LogP contribution is -2.15. The number of hydrogen-bond acceptors (Lipinski definition) is 7. The van der Waals surface area contributed by atoms with Gasteiger partial charge in [0.1, 0.15) is 0 Å². The summed E-state index contributed by atoms with van der Waals surface area (Å²) in [5.74, 6) is 1.38. The van der Waals surface area contributed by atoms with Crippen LogP contribution in [0.15, 0.2) is 52.2 Å². The molecule has 0 saturated carbocycles. The predicted molar refractivity (Wildman–Crippen MR) is 105 cm³/mol. The van der Waals surface area contributed by atoms with E-state index in [0.717, 1.165) is 0 Å². The summed E-state index contributed by atoms with van der Waals surface area (Å²) in [5, 5.41) is 22.5. The SMILES string of the molecule is CC(C)Cn1c(SCC(=O)Nc2cccc([N+](=O)[O-])c2)nnc1-c1ccco1. The van der Waals surface area contributed by atoms with E-state index >= 15 is 0 Å². The maximum Gasteiger partial charge on any atom is 0.271 e. The summed E-state index contributed by atoms with van der Waals surface area (Å²) in [7, 11) is 0. The molecule has 10 heteroatoms. The number of hydrogen-bond donors (Lipinski definition) is 1. The van der Waals surface area contributed by atoms with Gasteiger partial charge in [-0.3, -0.25) is 19.5 Å². The normalized spacial score (nSPS) is 11.0. The molecule has 1 amide bonds. The van der Waals surface area contributed by atoms with Crippen molar-refractivity contribution >= 4 is 29.0 Å². The second kappa shape index (κ2) is 8.70. The molecule has 3 aromatic rings. The zero-order valence-corrected chi connectivity index (χ0v) is 16.2. The molecule has 1 N–H and O–H groups in total. The van der Waals surface area contributed by atoms with Crippen LogP contribution in [-0.4, -0.2) is 31.3 Å². The number of nitro benzene ring substituents is 1. The molecule has 9 nitrogen and oxygen atoms in total. The molecular weight excluding hydrogens is 382 g/mol. The van der Waals surface area contributed by atoms with Gasteiger partial charge < -0.3 is 9.73 Å². The number of nitrogens with zero attached hydrogens (tertiary/aromatic N) is 4. The van der Waals surface area contributed by atoms with E-state index in [9.17, 15) is 14.9 Å². The van der Waals surface area contributed by atoms with Crippen molar-refractivity contribution in [3.63, 3.8) is 0 Å². The molecule has 0 radical (unpaired) electrons. The Morgan fingerprint density at radius 3 is 2.82 bits per heavy atom. The van der Waals surface area contributed by atoms with Gasteiger partial charge in [-0.2, -0.15) is 0 Å². The fourth-order valence-electron chi connectivity index (χ4n) is 2.54. The van der Waals surface area contributed by atoms with Gasteiger partial charge in [-0.15, -0.1) is 10.2 Å². The second-order valence-corrected chi connectivity index (χ2v) is 7.37.